The summed E-state index contributed by atoms with van der Waals surface area (Å²) in [5.74, 6) is 0.598. The Morgan fingerprint density at radius 1 is 1.13 bits per heavy atom. The zero-order valence-electron chi connectivity index (χ0n) is 10.2. The Labute approximate surface area is 92.7 Å². The van der Waals surface area contributed by atoms with Crippen LogP contribution in [0.2, 0.25) is 0 Å². The van der Waals surface area contributed by atoms with Gasteiger partial charge >= 0.3 is 0 Å². The fourth-order valence-corrected chi connectivity index (χ4v) is 1.82. The van der Waals surface area contributed by atoms with E-state index in [0.29, 0.717) is 5.92 Å². The SMILES string of the molecule is Cc1cc(N)c(C(N)CC(C)C)cc1C. The van der Waals surface area contributed by atoms with Crippen molar-refractivity contribution in [1.29, 1.82) is 0 Å². The number of rotatable bonds is 3. The number of hydrogen-bond acceptors (Lipinski definition) is 2. The Kier molecular flexibility index (Phi) is 3.75. The van der Waals surface area contributed by atoms with E-state index in [9.17, 15) is 0 Å². The van der Waals surface area contributed by atoms with E-state index >= 15 is 0 Å². The molecule has 2 heteroatoms. The lowest BCUT2D eigenvalue weighted by molar-refractivity contribution is 0.510. The van der Waals surface area contributed by atoms with Crippen molar-refractivity contribution in [2.75, 3.05) is 5.73 Å². The fraction of sp³-hybridized carbons (Fsp3) is 0.538. The number of nitrogens with two attached hydrogens (primary N) is 2. The van der Waals surface area contributed by atoms with Gasteiger partial charge in [0.1, 0.15) is 0 Å². The first-order chi connectivity index (χ1) is 6.91. The number of aryl methyl sites for hydroxylation is 2. The van der Waals surface area contributed by atoms with Gasteiger partial charge in [0.25, 0.3) is 0 Å². The van der Waals surface area contributed by atoms with Gasteiger partial charge < -0.3 is 11.5 Å². The van der Waals surface area contributed by atoms with Crippen molar-refractivity contribution in [3.63, 3.8) is 0 Å². The second-order valence-corrected chi connectivity index (χ2v) is 4.80. The Balaban J connectivity index is 2.98. The molecule has 0 spiro atoms. The van der Waals surface area contributed by atoms with Crippen LogP contribution in [0.5, 0.6) is 0 Å². The Hall–Kier alpha value is -1.02. The molecule has 0 aliphatic rings. The lowest BCUT2D eigenvalue weighted by Crippen LogP contribution is -2.15. The molecule has 1 atom stereocenters. The molecule has 0 saturated carbocycles. The first-order valence-corrected chi connectivity index (χ1v) is 5.54. The topological polar surface area (TPSA) is 52.0 Å². The minimum absolute atomic E-state index is 0.0595. The summed E-state index contributed by atoms with van der Waals surface area (Å²) in [4.78, 5) is 0. The van der Waals surface area contributed by atoms with Crippen LogP contribution < -0.4 is 11.5 Å². The van der Waals surface area contributed by atoms with E-state index in [-0.39, 0.29) is 6.04 Å². The molecule has 2 nitrogen and oxygen atoms in total. The van der Waals surface area contributed by atoms with Gasteiger partial charge in [-0.2, -0.15) is 0 Å². The number of hydrogen-bond donors (Lipinski definition) is 2. The first kappa shape index (κ1) is 12.1. The molecule has 0 bridgehead atoms. The summed E-state index contributed by atoms with van der Waals surface area (Å²) in [6, 6.07) is 4.20. The van der Waals surface area contributed by atoms with Crippen molar-refractivity contribution in [2.24, 2.45) is 11.7 Å². The Morgan fingerprint density at radius 3 is 2.20 bits per heavy atom. The Morgan fingerprint density at radius 2 is 1.67 bits per heavy atom. The summed E-state index contributed by atoms with van der Waals surface area (Å²) in [5, 5.41) is 0. The molecular weight excluding hydrogens is 184 g/mol. The number of anilines is 1. The number of benzene rings is 1. The maximum Gasteiger partial charge on any atom is 0.0365 e. The fourth-order valence-electron chi connectivity index (χ4n) is 1.82. The third-order valence-corrected chi connectivity index (χ3v) is 2.82. The first-order valence-electron chi connectivity index (χ1n) is 5.54. The summed E-state index contributed by atoms with van der Waals surface area (Å²) in [6.07, 6.45) is 0.979. The predicted molar refractivity (Wildman–Crippen MR) is 66.7 cm³/mol. The van der Waals surface area contributed by atoms with E-state index in [1.807, 2.05) is 6.07 Å². The molecule has 15 heavy (non-hydrogen) atoms. The normalized spacial score (nSPS) is 13.2. The molecule has 0 aromatic heterocycles. The summed E-state index contributed by atoms with van der Waals surface area (Å²) in [6.45, 7) is 8.53. The monoisotopic (exact) mass is 206 g/mol. The third-order valence-electron chi connectivity index (χ3n) is 2.82. The quantitative estimate of drug-likeness (QED) is 0.747. The van der Waals surface area contributed by atoms with Gasteiger partial charge in [-0.1, -0.05) is 19.9 Å². The van der Waals surface area contributed by atoms with Crippen LogP contribution in [0.1, 0.15) is 43.0 Å². The second kappa shape index (κ2) is 4.67. The van der Waals surface area contributed by atoms with Crippen molar-refractivity contribution >= 4 is 5.69 Å². The van der Waals surface area contributed by atoms with Gasteiger partial charge in [0.15, 0.2) is 0 Å². The summed E-state index contributed by atoms with van der Waals surface area (Å²) in [7, 11) is 0. The van der Waals surface area contributed by atoms with E-state index in [0.717, 1.165) is 17.7 Å². The van der Waals surface area contributed by atoms with Crippen LogP contribution in [0.25, 0.3) is 0 Å². The molecule has 0 saturated heterocycles. The largest absolute Gasteiger partial charge is 0.398 e. The van der Waals surface area contributed by atoms with Gasteiger partial charge in [0.2, 0.25) is 0 Å². The van der Waals surface area contributed by atoms with Crippen LogP contribution in [0, 0.1) is 19.8 Å². The van der Waals surface area contributed by atoms with Gasteiger partial charge in [-0.05, 0) is 48.9 Å². The summed E-state index contributed by atoms with van der Waals surface area (Å²) >= 11 is 0. The van der Waals surface area contributed by atoms with Crippen LogP contribution >= 0.6 is 0 Å². The molecule has 1 aromatic rings. The van der Waals surface area contributed by atoms with Gasteiger partial charge in [0.05, 0.1) is 0 Å². The molecule has 0 aliphatic heterocycles. The zero-order valence-corrected chi connectivity index (χ0v) is 10.2. The molecular formula is C13H22N2. The molecule has 0 amide bonds. The van der Waals surface area contributed by atoms with E-state index in [1.165, 1.54) is 11.1 Å². The van der Waals surface area contributed by atoms with Crippen LogP contribution in [0.15, 0.2) is 12.1 Å². The maximum atomic E-state index is 6.14. The predicted octanol–water partition coefficient (Wildman–Crippen LogP) is 2.93. The average molecular weight is 206 g/mol. The molecule has 0 radical (unpaired) electrons. The van der Waals surface area contributed by atoms with Crippen molar-refractivity contribution in [2.45, 2.75) is 40.2 Å². The van der Waals surface area contributed by atoms with E-state index < -0.39 is 0 Å². The second-order valence-electron chi connectivity index (χ2n) is 4.80. The van der Waals surface area contributed by atoms with Crippen molar-refractivity contribution in [1.82, 2.24) is 0 Å². The van der Waals surface area contributed by atoms with Crippen LogP contribution in [-0.4, -0.2) is 0 Å². The van der Waals surface area contributed by atoms with E-state index in [1.54, 1.807) is 0 Å². The number of nitrogen functional groups attached to an aromatic ring is 1. The third kappa shape index (κ3) is 2.96. The summed E-state index contributed by atoms with van der Waals surface area (Å²) in [5.41, 5.74) is 16.5. The van der Waals surface area contributed by atoms with Gasteiger partial charge in [0, 0.05) is 11.7 Å². The van der Waals surface area contributed by atoms with E-state index in [4.69, 9.17) is 11.5 Å². The minimum Gasteiger partial charge on any atom is -0.398 e. The van der Waals surface area contributed by atoms with Crippen LogP contribution in [0.3, 0.4) is 0 Å². The molecule has 1 rings (SSSR count). The molecule has 0 aliphatic carbocycles. The van der Waals surface area contributed by atoms with Gasteiger partial charge in [-0.15, -0.1) is 0 Å². The highest BCUT2D eigenvalue weighted by molar-refractivity contribution is 5.53. The standard InChI is InChI=1S/C13H22N2/c1-8(2)5-12(14)11-6-9(3)10(4)7-13(11)15/h6-8,12H,5,14-15H2,1-4H3. The highest BCUT2D eigenvalue weighted by atomic mass is 14.7. The molecule has 0 heterocycles. The molecule has 1 aromatic carbocycles. The van der Waals surface area contributed by atoms with E-state index in [2.05, 4.69) is 33.8 Å². The highest BCUT2D eigenvalue weighted by Gasteiger charge is 2.12. The molecule has 84 valence electrons. The van der Waals surface area contributed by atoms with Crippen molar-refractivity contribution in [3.8, 4) is 0 Å². The zero-order chi connectivity index (χ0) is 11.6. The van der Waals surface area contributed by atoms with Gasteiger partial charge in [-0.25, -0.2) is 0 Å². The highest BCUT2D eigenvalue weighted by Crippen LogP contribution is 2.26. The minimum atomic E-state index is 0.0595. The maximum absolute atomic E-state index is 6.14. The van der Waals surface area contributed by atoms with Crippen LogP contribution in [0.4, 0.5) is 5.69 Å². The molecule has 0 fully saturated rings. The van der Waals surface area contributed by atoms with Crippen molar-refractivity contribution < 1.29 is 0 Å². The molecule has 4 N–H and O–H groups in total. The molecule has 1 unspecified atom stereocenters. The Bertz CT molecular complexity index is 343. The lowest BCUT2D eigenvalue weighted by atomic mass is 9.94. The summed E-state index contributed by atoms with van der Waals surface area (Å²) < 4.78 is 0. The van der Waals surface area contributed by atoms with Crippen molar-refractivity contribution in [3.05, 3.63) is 28.8 Å². The lowest BCUT2D eigenvalue weighted by Gasteiger charge is -2.18. The average Bonchev–Trinajstić information content (AvgIpc) is 2.09. The smallest absolute Gasteiger partial charge is 0.0365 e. The van der Waals surface area contributed by atoms with Gasteiger partial charge in [-0.3, -0.25) is 0 Å². The van der Waals surface area contributed by atoms with Crippen LogP contribution in [-0.2, 0) is 0 Å².